The Morgan fingerprint density at radius 2 is 2.16 bits per heavy atom. The van der Waals surface area contributed by atoms with Crippen LogP contribution in [0.1, 0.15) is 31.4 Å². The van der Waals surface area contributed by atoms with Gasteiger partial charge in [-0.25, -0.2) is 0 Å². The van der Waals surface area contributed by atoms with Crippen molar-refractivity contribution in [1.29, 1.82) is 0 Å². The summed E-state index contributed by atoms with van der Waals surface area (Å²) in [6, 6.07) is 10.3. The summed E-state index contributed by atoms with van der Waals surface area (Å²) in [5, 5.41) is 3.37. The minimum atomic E-state index is -0.873. The maximum atomic E-state index is 12.5. The molecule has 4 unspecified atom stereocenters. The van der Waals surface area contributed by atoms with E-state index in [4.69, 9.17) is 4.74 Å². The van der Waals surface area contributed by atoms with Crippen LogP contribution in [0.15, 0.2) is 30.3 Å². The summed E-state index contributed by atoms with van der Waals surface area (Å²) in [5.41, 5.74) is 1.19. The van der Waals surface area contributed by atoms with Crippen LogP contribution in [0.2, 0.25) is 0 Å². The van der Waals surface area contributed by atoms with Gasteiger partial charge in [-0.15, -0.1) is 0 Å². The molecule has 0 radical (unpaired) electrons. The second-order valence-corrected chi connectivity index (χ2v) is 6.90. The molecule has 0 aromatic heterocycles. The molecule has 0 saturated carbocycles. The minimum absolute atomic E-state index is 0.0802. The Kier molecular flexibility index (Phi) is 5.55. The average molecular weight is 281 g/mol. The first kappa shape index (κ1) is 14.7. The lowest BCUT2D eigenvalue weighted by atomic mass is 10.0. The average Bonchev–Trinajstić information content (AvgIpc) is 2.93. The van der Waals surface area contributed by atoms with E-state index < -0.39 is 10.8 Å². The van der Waals surface area contributed by atoms with Crippen molar-refractivity contribution in [2.75, 3.05) is 19.4 Å². The first-order valence-electron chi connectivity index (χ1n) is 6.93. The van der Waals surface area contributed by atoms with Crippen LogP contribution in [-0.2, 0) is 15.5 Å². The highest BCUT2D eigenvalue weighted by molar-refractivity contribution is 7.85. The molecular weight excluding hydrogens is 258 g/mol. The van der Waals surface area contributed by atoms with E-state index in [1.165, 1.54) is 5.56 Å². The third kappa shape index (κ3) is 3.88. The van der Waals surface area contributed by atoms with Crippen LogP contribution >= 0.6 is 0 Å². The van der Waals surface area contributed by atoms with Crippen molar-refractivity contribution in [3.63, 3.8) is 0 Å². The molecule has 106 valence electrons. The summed E-state index contributed by atoms with van der Waals surface area (Å²) in [6.07, 6.45) is 2.34. The second-order valence-electron chi connectivity index (χ2n) is 5.06. The summed E-state index contributed by atoms with van der Waals surface area (Å²) >= 11 is 0. The maximum absolute atomic E-state index is 12.5. The normalized spacial score (nSPS) is 24.0. The van der Waals surface area contributed by atoms with Crippen LogP contribution in [0.5, 0.6) is 0 Å². The third-order valence-electron chi connectivity index (χ3n) is 3.73. The molecule has 1 aromatic rings. The Balaban J connectivity index is 1.99. The zero-order chi connectivity index (χ0) is 13.7. The predicted molar refractivity (Wildman–Crippen MR) is 79.7 cm³/mol. The Hall–Kier alpha value is -0.710. The number of nitrogens with one attached hydrogen (secondary N) is 1. The number of benzene rings is 1. The number of ether oxygens (including phenoxy) is 1. The van der Waals surface area contributed by atoms with E-state index in [1.807, 2.05) is 25.2 Å². The third-order valence-corrected chi connectivity index (χ3v) is 5.53. The van der Waals surface area contributed by atoms with Crippen LogP contribution in [0.25, 0.3) is 0 Å². The molecule has 1 saturated heterocycles. The van der Waals surface area contributed by atoms with Crippen LogP contribution in [0.4, 0.5) is 0 Å². The van der Waals surface area contributed by atoms with Gasteiger partial charge in [-0.05, 0) is 32.4 Å². The van der Waals surface area contributed by atoms with E-state index >= 15 is 0 Å². The fraction of sp³-hybridized carbons (Fsp3) is 0.600. The lowest BCUT2D eigenvalue weighted by Crippen LogP contribution is -2.33. The molecular formula is C15H23NO2S. The van der Waals surface area contributed by atoms with Crippen molar-refractivity contribution in [3.05, 3.63) is 35.9 Å². The molecule has 0 bridgehead atoms. The van der Waals surface area contributed by atoms with Crippen LogP contribution < -0.4 is 5.32 Å². The van der Waals surface area contributed by atoms with Gasteiger partial charge in [0.15, 0.2) is 0 Å². The Bertz CT molecular complexity index is 404. The van der Waals surface area contributed by atoms with Crippen LogP contribution in [-0.4, -0.2) is 35.0 Å². The van der Waals surface area contributed by atoms with Crippen molar-refractivity contribution in [2.45, 2.75) is 37.2 Å². The van der Waals surface area contributed by atoms with Crippen molar-refractivity contribution in [1.82, 2.24) is 5.32 Å². The van der Waals surface area contributed by atoms with Gasteiger partial charge in [-0.2, -0.15) is 0 Å². The van der Waals surface area contributed by atoms with E-state index in [1.54, 1.807) is 0 Å². The lowest BCUT2D eigenvalue weighted by Gasteiger charge is -2.24. The molecule has 0 spiro atoms. The summed E-state index contributed by atoms with van der Waals surface area (Å²) in [5.74, 6) is 0.659. The van der Waals surface area contributed by atoms with Crippen LogP contribution in [0.3, 0.4) is 0 Å². The smallest absolute Gasteiger partial charge is 0.0691 e. The molecule has 0 amide bonds. The SMILES string of the molecule is CNC(c1ccccc1)C(C)S(=O)CC1CCCO1. The molecule has 2 rings (SSSR count). The Morgan fingerprint density at radius 3 is 2.74 bits per heavy atom. The van der Waals surface area contributed by atoms with Gasteiger partial charge in [0, 0.05) is 23.4 Å². The summed E-state index contributed by atoms with van der Waals surface area (Å²) in [4.78, 5) is 0. The molecule has 3 nitrogen and oxygen atoms in total. The van der Waals surface area contributed by atoms with Gasteiger partial charge in [0.05, 0.1) is 17.1 Å². The van der Waals surface area contributed by atoms with Crippen molar-refractivity contribution >= 4 is 10.8 Å². The Morgan fingerprint density at radius 1 is 1.42 bits per heavy atom. The van der Waals surface area contributed by atoms with Gasteiger partial charge in [0.25, 0.3) is 0 Å². The zero-order valence-corrected chi connectivity index (χ0v) is 12.5. The van der Waals surface area contributed by atoms with E-state index in [0.29, 0.717) is 5.75 Å². The first-order valence-corrected chi connectivity index (χ1v) is 8.31. The standard InChI is InChI=1S/C15H23NO2S/c1-12(19(17)11-14-9-6-10-18-14)15(16-2)13-7-4-3-5-8-13/h3-5,7-8,12,14-16H,6,9-11H2,1-2H3. The highest BCUT2D eigenvalue weighted by atomic mass is 32.2. The van der Waals surface area contributed by atoms with Gasteiger partial charge >= 0.3 is 0 Å². The summed E-state index contributed by atoms with van der Waals surface area (Å²) < 4.78 is 18.0. The molecule has 1 fully saturated rings. The fourth-order valence-corrected chi connectivity index (χ4v) is 4.12. The van der Waals surface area contributed by atoms with E-state index in [2.05, 4.69) is 24.4 Å². The largest absolute Gasteiger partial charge is 0.377 e. The quantitative estimate of drug-likeness (QED) is 0.869. The van der Waals surface area contributed by atoms with Gasteiger partial charge in [-0.3, -0.25) is 4.21 Å². The molecule has 4 heteroatoms. The van der Waals surface area contributed by atoms with Gasteiger partial charge in [0.1, 0.15) is 0 Å². The molecule has 0 aliphatic carbocycles. The second kappa shape index (κ2) is 7.17. The van der Waals surface area contributed by atoms with Gasteiger partial charge in [-0.1, -0.05) is 30.3 Å². The lowest BCUT2D eigenvalue weighted by molar-refractivity contribution is 0.128. The van der Waals surface area contributed by atoms with Gasteiger partial charge < -0.3 is 10.1 Å². The summed E-state index contributed by atoms with van der Waals surface area (Å²) in [7, 11) is 1.06. The van der Waals surface area contributed by atoms with Crippen molar-refractivity contribution < 1.29 is 8.95 Å². The number of hydrogen-bond acceptors (Lipinski definition) is 3. The highest BCUT2D eigenvalue weighted by Crippen LogP contribution is 2.22. The Labute approximate surface area is 118 Å². The monoisotopic (exact) mass is 281 g/mol. The summed E-state index contributed by atoms with van der Waals surface area (Å²) in [6.45, 7) is 2.88. The fourth-order valence-electron chi connectivity index (χ4n) is 2.60. The first-order chi connectivity index (χ1) is 9.22. The van der Waals surface area contributed by atoms with Crippen LogP contribution in [0, 0.1) is 0 Å². The molecule has 1 aliphatic rings. The number of rotatable bonds is 6. The zero-order valence-electron chi connectivity index (χ0n) is 11.7. The minimum Gasteiger partial charge on any atom is -0.377 e. The van der Waals surface area contributed by atoms with Crippen molar-refractivity contribution in [2.24, 2.45) is 0 Å². The molecule has 1 aromatic carbocycles. The molecule has 1 heterocycles. The van der Waals surface area contributed by atoms with E-state index in [9.17, 15) is 4.21 Å². The highest BCUT2D eigenvalue weighted by Gasteiger charge is 2.26. The van der Waals surface area contributed by atoms with E-state index in [0.717, 1.165) is 19.4 Å². The van der Waals surface area contributed by atoms with E-state index in [-0.39, 0.29) is 17.4 Å². The molecule has 19 heavy (non-hydrogen) atoms. The van der Waals surface area contributed by atoms with Crippen molar-refractivity contribution in [3.8, 4) is 0 Å². The molecule has 1 aliphatic heterocycles. The topological polar surface area (TPSA) is 38.3 Å². The molecule has 1 N–H and O–H groups in total. The maximum Gasteiger partial charge on any atom is 0.0691 e. The predicted octanol–water partition coefficient (Wildman–Crippen LogP) is 2.26. The van der Waals surface area contributed by atoms with Gasteiger partial charge in [0.2, 0.25) is 0 Å². The molecule has 4 atom stereocenters. The number of hydrogen-bond donors (Lipinski definition) is 1.